The van der Waals surface area contributed by atoms with Crippen molar-refractivity contribution in [3.8, 4) is 11.4 Å². The Morgan fingerprint density at radius 3 is 3.11 bits per heavy atom. The van der Waals surface area contributed by atoms with Gasteiger partial charge in [0.05, 0.1) is 11.8 Å². The molecule has 92 valence electrons. The topological polar surface area (TPSA) is 95.7 Å². The number of furan rings is 1. The van der Waals surface area contributed by atoms with Gasteiger partial charge in [-0.05, 0) is 16.5 Å². The summed E-state index contributed by atoms with van der Waals surface area (Å²) in [4.78, 5) is 4.25. The van der Waals surface area contributed by atoms with Gasteiger partial charge in [-0.15, -0.1) is 5.10 Å². The normalized spacial score (nSPS) is 10.9. The van der Waals surface area contributed by atoms with E-state index in [1.165, 1.54) is 0 Å². The van der Waals surface area contributed by atoms with Gasteiger partial charge in [-0.25, -0.2) is 4.68 Å². The van der Waals surface area contributed by atoms with E-state index in [9.17, 15) is 0 Å². The van der Waals surface area contributed by atoms with Crippen LogP contribution in [-0.2, 0) is 13.0 Å². The summed E-state index contributed by atoms with van der Waals surface area (Å²) >= 11 is 0. The van der Waals surface area contributed by atoms with Crippen LogP contribution in [0.25, 0.3) is 11.4 Å². The van der Waals surface area contributed by atoms with Crippen molar-refractivity contribution in [2.75, 3.05) is 0 Å². The van der Waals surface area contributed by atoms with Crippen molar-refractivity contribution in [1.82, 2.24) is 30.3 Å². The van der Waals surface area contributed by atoms with Crippen LogP contribution in [0.5, 0.6) is 0 Å². The van der Waals surface area contributed by atoms with Gasteiger partial charge in [-0.1, -0.05) is 12.1 Å². The lowest BCUT2D eigenvalue weighted by molar-refractivity contribution is 0.362. The van der Waals surface area contributed by atoms with E-state index in [1.54, 1.807) is 23.3 Å². The Morgan fingerprint density at radius 1 is 1.39 bits per heavy atom. The van der Waals surface area contributed by atoms with Crippen LogP contribution in [0.3, 0.4) is 0 Å². The van der Waals surface area contributed by atoms with E-state index in [2.05, 4.69) is 25.7 Å². The van der Waals surface area contributed by atoms with Crippen LogP contribution in [0.1, 0.15) is 18.6 Å². The molecule has 3 heterocycles. The molecule has 0 aliphatic carbocycles. The molecule has 0 aromatic carbocycles. The lowest BCUT2D eigenvalue weighted by atomic mass is 10.3. The molecule has 8 nitrogen and oxygen atoms in total. The molecule has 18 heavy (non-hydrogen) atoms. The van der Waals surface area contributed by atoms with Crippen molar-refractivity contribution < 1.29 is 8.94 Å². The number of tetrazole rings is 1. The molecule has 3 aromatic heterocycles. The Balaban J connectivity index is 1.82. The van der Waals surface area contributed by atoms with Crippen LogP contribution in [0.15, 0.2) is 27.5 Å². The zero-order valence-corrected chi connectivity index (χ0v) is 9.65. The molecule has 0 aliphatic rings. The highest BCUT2D eigenvalue weighted by Gasteiger charge is 2.12. The van der Waals surface area contributed by atoms with Gasteiger partial charge >= 0.3 is 0 Å². The number of hydrogen-bond acceptors (Lipinski definition) is 7. The minimum Gasteiger partial charge on any atom is -0.472 e. The summed E-state index contributed by atoms with van der Waals surface area (Å²) in [7, 11) is 0. The number of aryl methyl sites for hydroxylation is 1. The molecule has 8 heteroatoms. The Labute approximate surface area is 102 Å². The van der Waals surface area contributed by atoms with Crippen molar-refractivity contribution in [3.63, 3.8) is 0 Å². The molecule has 3 rings (SSSR count). The van der Waals surface area contributed by atoms with Crippen molar-refractivity contribution in [2.45, 2.75) is 19.9 Å². The van der Waals surface area contributed by atoms with Gasteiger partial charge in [0.2, 0.25) is 11.7 Å². The maximum atomic E-state index is 5.14. The highest BCUT2D eigenvalue weighted by atomic mass is 16.5. The predicted octanol–water partition coefficient (Wildman–Crippen LogP) is 0.927. The van der Waals surface area contributed by atoms with Crippen LogP contribution in [0.2, 0.25) is 0 Å². The Bertz CT molecular complexity index is 626. The second-order valence-electron chi connectivity index (χ2n) is 3.63. The van der Waals surface area contributed by atoms with Gasteiger partial charge in [0.1, 0.15) is 12.8 Å². The summed E-state index contributed by atoms with van der Waals surface area (Å²) in [5.41, 5.74) is 0.775. The third-order valence-electron chi connectivity index (χ3n) is 2.45. The monoisotopic (exact) mass is 246 g/mol. The summed E-state index contributed by atoms with van der Waals surface area (Å²) in [5.74, 6) is 1.72. The summed E-state index contributed by atoms with van der Waals surface area (Å²) in [6.45, 7) is 2.34. The standard InChI is InChI=1S/C10H10N6O2/c1-2-8-12-14-15-16(8)5-9-11-10(13-18-9)7-3-4-17-6-7/h3-4,6H,2,5H2,1H3. The van der Waals surface area contributed by atoms with Gasteiger partial charge in [0.15, 0.2) is 5.82 Å². The fourth-order valence-electron chi connectivity index (χ4n) is 1.56. The Morgan fingerprint density at radius 2 is 2.33 bits per heavy atom. The molecular formula is C10H10N6O2. The SMILES string of the molecule is CCc1nnnn1Cc1nc(-c2ccoc2)no1. The zero-order valence-electron chi connectivity index (χ0n) is 9.65. The molecule has 0 amide bonds. The first-order valence-electron chi connectivity index (χ1n) is 5.47. The molecule has 0 N–H and O–H groups in total. The lowest BCUT2D eigenvalue weighted by Crippen LogP contribution is -2.06. The minimum absolute atomic E-state index is 0.362. The van der Waals surface area contributed by atoms with Crippen LogP contribution in [0.4, 0.5) is 0 Å². The van der Waals surface area contributed by atoms with Crippen LogP contribution in [-0.4, -0.2) is 30.3 Å². The van der Waals surface area contributed by atoms with Crippen LogP contribution < -0.4 is 0 Å². The number of nitrogens with zero attached hydrogens (tertiary/aromatic N) is 6. The molecule has 0 bridgehead atoms. The molecule has 0 atom stereocenters. The summed E-state index contributed by atoms with van der Waals surface area (Å²) in [6, 6.07) is 1.77. The zero-order chi connectivity index (χ0) is 12.4. The Hall–Kier alpha value is -2.51. The number of rotatable bonds is 4. The van der Waals surface area contributed by atoms with E-state index in [0.29, 0.717) is 18.3 Å². The summed E-state index contributed by atoms with van der Waals surface area (Å²) in [5, 5.41) is 15.2. The van der Waals surface area contributed by atoms with E-state index >= 15 is 0 Å². The average Bonchev–Trinajstić information content (AvgIpc) is 3.10. The first-order chi connectivity index (χ1) is 8.86. The number of aromatic nitrogens is 6. The maximum absolute atomic E-state index is 5.14. The molecule has 3 aromatic rings. The first-order valence-corrected chi connectivity index (χ1v) is 5.47. The fourth-order valence-corrected chi connectivity index (χ4v) is 1.56. The van der Waals surface area contributed by atoms with Crippen LogP contribution >= 0.6 is 0 Å². The highest BCUT2D eigenvalue weighted by Crippen LogP contribution is 2.16. The van der Waals surface area contributed by atoms with E-state index in [1.807, 2.05) is 6.92 Å². The van der Waals surface area contributed by atoms with E-state index in [0.717, 1.165) is 17.8 Å². The maximum Gasteiger partial charge on any atom is 0.248 e. The molecule has 0 aliphatic heterocycles. The van der Waals surface area contributed by atoms with Crippen molar-refractivity contribution >= 4 is 0 Å². The third-order valence-corrected chi connectivity index (χ3v) is 2.45. The molecule has 0 radical (unpaired) electrons. The fraction of sp³-hybridized carbons (Fsp3) is 0.300. The highest BCUT2D eigenvalue weighted by molar-refractivity contribution is 5.51. The number of hydrogen-bond donors (Lipinski definition) is 0. The van der Waals surface area contributed by atoms with Crippen LogP contribution in [0, 0.1) is 0 Å². The lowest BCUT2D eigenvalue weighted by Gasteiger charge is -1.96. The van der Waals surface area contributed by atoms with Gasteiger partial charge < -0.3 is 8.94 Å². The molecular weight excluding hydrogens is 236 g/mol. The van der Waals surface area contributed by atoms with Gasteiger partial charge in [-0.2, -0.15) is 4.98 Å². The summed E-state index contributed by atoms with van der Waals surface area (Å²) in [6.07, 6.45) is 3.86. The first kappa shape index (κ1) is 10.6. The van der Waals surface area contributed by atoms with Crippen molar-refractivity contribution in [2.24, 2.45) is 0 Å². The molecule has 0 unspecified atom stereocenters. The second kappa shape index (κ2) is 4.40. The smallest absolute Gasteiger partial charge is 0.248 e. The van der Waals surface area contributed by atoms with E-state index < -0.39 is 0 Å². The minimum atomic E-state index is 0.362. The average molecular weight is 246 g/mol. The quantitative estimate of drug-likeness (QED) is 0.675. The van der Waals surface area contributed by atoms with Gasteiger partial charge in [-0.3, -0.25) is 0 Å². The Kier molecular flexibility index (Phi) is 2.60. The molecule has 0 spiro atoms. The molecule has 0 saturated heterocycles. The van der Waals surface area contributed by atoms with Gasteiger partial charge in [0.25, 0.3) is 0 Å². The van der Waals surface area contributed by atoms with Crippen molar-refractivity contribution in [1.29, 1.82) is 0 Å². The van der Waals surface area contributed by atoms with Crippen molar-refractivity contribution in [3.05, 3.63) is 30.3 Å². The third kappa shape index (κ3) is 1.88. The largest absolute Gasteiger partial charge is 0.472 e. The van der Waals surface area contributed by atoms with Gasteiger partial charge in [0, 0.05) is 6.42 Å². The second-order valence-corrected chi connectivity index (χ2v) is 3.63. The molecule has 0 fully saturated rings. The molecule has 0 saturated carbocycles. The predicted molar refractivity (Wildman–Crippen MR) is 58.3 cm³/mol. The van der Waals surface area contributed by atoms with E-state index in [4.69, 9.17) is 8.94 Å². The summed E-state index contributed by atoms with van der Waals surface area (Å²) < 4.78 is 11.7. The van der Waals surface area contributed by atoms with E-state index in [-0.39, 0.29) is 0 Å².